The molecule has 0 radical (unpaired) electrons. The zero-order valence-electron chi connectivity index (χ0n) is 17.0. The molecule has 31 heavy (non-hydrogen) atoms. The Kier molecular flexibility index (Phi) is 7.61. The average molecular weight is 477 g/mol. The first-order valence-electron chi connectivity index (χ1n) is 9.49. The van der Waals surface area contributed by atoms with Crippen LogP contribution in [0.5, 0.6) is 11.5 Å². The highest BCUT2D eigenvalue weighted by Crippen LogP contribution is 2.38. The van der Waals surface area contributed by atoms with E-state index in [1.54, 1.807) is 18.3 Å². The van der Waals surface area contributed by atoms with Gasteiger partial charge in [-0.05, 0) is 41.5 Å². The van der Waals surface area contributed by atoms with Crippen molar-refractivity contribution in [3.8, 4) is 17.6 Å². The molecule has 3 aromatic rings. The Morgan fingerprint density at radius 1 is 1.03 bits per heavy atom. The van der Waals surface area contributed by atoms with Crippen molar-refractivity contribution >= 4 is 34.8 Å². The van der Waals surface area contributed by atoms with Crippen LogP contribution in [-0.2, 0) is 12.0 Å². The lowest BCUT2D eigenvalue weighted by atomic mass is 9.77. The molecule has 1 aromatic heterocycles. The van der Waals surface area contributed by atoms with E-state index in [2.05, 4.69) is 29.9 Å². The summed E-state index contributed by atoms with van der Waals surface area (Å²) >= 11 is 18.0. The van der Waals surface area contributed by atoms with Gasteiger partial charge in [0, 0.05) is 11.6 Å². The molecule has 0 fully saturated rings. The number of aromatic nitrogens is 2. The summed E-state index contributed by atoms with van der Waals surface area (Å²) in [6.07, 6.45) is 1.59. The van der Waals surface area contributed by atoms with Gasteiger partial charge in [-0.3, -0.25) is 0 Å². The van der Waals surface area contributed by atoms with Gasteiger partial charge in [0.15, 0.2) is 11.6 Å². The maximum Gasteiger partial charge on any atom is 0.167 e. The summed E-state index contributed by atoms with van der Waals surface area (Å²) in [4.78, 5) is 8.23. The fraction of sp³-hybridized carbons (Fsp3) is 0.261. The maximum absolute atomic E-state index is 9.55. The predicted molar refractivity (Wildman–Crippen MR) is 122 cm³/mol. The number of rotatable bonds is 8. The van der Waals surface area contributed by atoms with Gasteiger partial charge in [-0.25, -0.2) is 9.97 Å². The van der Waals surface area contributed by atoms with Crippen molar-refractivity contribution in [3.63, 3.8) is 0 Å². The molecule has 3 rings (SSSR count). The first kappa shape index (κ1) is 23.1. The fourth-order valence-electron chi connectivity index (χ4n) is 3.05. The van der Waals surface area contributed by atoms with Crippen molar-refractivity contribution < 1.29 is 9.47 Å². The third-order valence-corrected chi connectivity index (χ3v) is 5.47. The molecule has 0 aliphatic rings. The van der Waals surface area contributed by atoms with E-state index in [1.165, 1.54) is 0 Å². The summed E-state index contributed by atoms with van der Waals surface area (Å²) in [6.45, 7) is 4.62. The molecule has 0 aliphatic carbocycles. The smallest absolute Gasteiger partial charge is 0.167 e. The van der Waals surface area contributed by atoms with Gasteiger partial charge in [0.25, 0.3) is 0 Å². The fourth-order valence-corrected chi connectivity index (χ4v) is 3.56. The Morgan fingerprint density at radius 2 is 1.77 bits per heavy atom. The molecule has 0 bridgehead atoms. The van der Waals surface area contributed by atoms with Crippen LogP contribution in [0.25, 0.3) is 0 Å². The molecule has 160 valence electrons. The van der Waals surface area contributed by atoms with Crippen LogP contribution in [-0.4, -0.2) is 22.5 Å². The van der Waals surface area contributed by atoms with Crippen molar-refractivity contribution in [1.29, 1.82) is 5.26 Å². The average Bonchev–Trinajstić information content (AvgIpc) is 2.76. The van der Waals surface area contributed by atoms with Gasteiger partial charge in [0.05, 0.1) is 16.5 Å². The van der Waals surface area contributed by atoms with Crippen LogP contribution in [0.4, 0.5) is 0 Å². The van der Waals surface area contributed by atoms with Crippen molar-refractivity contribution in [2.45, 2.75) is 25.9 Å². The normalized spacial score (nSPS) is 11.1. The van der Waals surface area contributed by atoms with Crippen LogP contribution in [0.1, 0.15) is 36.4 Å². The van der Waals surface area contributed by atoms with Crippen molar-refractivity contribution in [2.75, 3.05) is 12.5 Å². The number of alkyl halides is 1. The van der Waals surface area contributed by atoms with Crippen LogP contribution in [0.15, 0.2) is 48.7 Å². The van der Waals surface area contributed by atoms with Crippen LogP contribution in [0.2, 0.25) is 10.2 Å². The van der Waals surface area contributed by atoms with Gasteiger partial charge in [-0.1, -0.05) is 49.2 Å². The largest absolute Gasteiger partial charge is 0.489 e. The van der Waals surface area contributed by atoms with Crippen LogP contribution < -0.4 is 9.47 Å². The predicted octanol–water partition coefficient (Wildman–Crippen LogP) is 6.18. The second-order valence-electron chi connectivity index (χ2n) is 7.22. The first-order chi connectivity index (χ1) is 14.8. The van der Waals surface area contributed by atoms with E-state index in [9.17, 15) is 5.26 Å². The molecular weight excluding hydrogens is 457 g/mol. The summed E-state index contributed by atoms with van der Waals surface area (Å²) in [6, 6.07) is 15.1. The van der Waals surface area contributed by atoms with Gasteiger partial charge < -0.3 is 9.47 Å². The molecule has 8 heteroatoms. The van der Waals surface area contributed by atoms with E-state index in [1.807, 2.05) is 30.3 Å². The van der Waals surface area contributed by atoms with Crippen molar-refractivity contribution in [3.05, 3.63) is 81.4 Å². The zero-order valence-corrected chi connectivity index (χ0v) is 19.3. The molecule has 0 saturated carbocycles. The number of halogens is 3. The minimum atomic E-state index is -0.408. The van der Waals surface area contributed by atoms with Crippen LogP contribution >= 0.6 is 34.8 Å². The molecule has 2 aromatic carbocycles. The summed E-state index contributed by atoms with van der Waals surface area (Å²) in [5.74, 6) is 1.86. The third kappa shape index (κ3) is 5.59. The summed E-state index contributed by atoms with van der Waals surface area (Å²) in [7, 11) is 0. The van der Waals surface area contributed by atoms with Gasteiger partial charge in [-0.15, -0.1) is 11.6 Å². The molecule has 0 N–H and O–H groups in total. The maximum atomic E-state index is 9.55. The number of hydrogen-bond donors (Lipinski definition) is 0. The first-order valence-corrected chi connectivity index (χ1v) is 10.8. The highest BCUT2D eigenvalue weighted by atomic mass is 35.5. The topological polar surface area (TPSA) is 68.0 Å². The minimum Gasteiger partial charge on any atom is -0.489 e. The highest BCUT2D eigenvalue weighted by molar-refractivity contribution is 6.32. The standard InChI is InChI=1S/C23H20Cl3N3O2/c1-23(2,17-11-15(13-27)22(19(25)12-17)30-10-8-24)16-3-5-18(6-4-16)31-14-21-28-9-7-20(26)29-21/h3-7,9,11-12H,8,10,14H2,1-2H3. The summed E-state index contributed by atoms with van der Waals surface area (Å²) in [5.41, 5.74) is 1.90. The van der Waals surface area contributed by atoms with Gasteiger partial charge in [0.1, 0.15) is 30.2 Å². The van der Waals surface area contributed by atoms with E-state index in [0.29, 0.717) is 38.9 Å². The number of nitriles is 1. The molecule has 5 nitrogen and oxygen atoms in total. The van der Waals surface area contributed by atoms with Crippen LogP contribution in [0.3, 0.4) is 0 Å². The molecule has 0 atom stereocenters. The SMILES string of the molecule is CC(C)(c1ccc(OCc2nccc(Cl)n2)cc1)c1cc(Cl)c(OCCCl)c(C#N)c1. The molecule has 0 unspecified atom stereocenters. The van der Waals surface area contributed by atoms with Crippen LogP contribution in [0, 0.1) is 11.3 Å². The van der Waals surface area contributed by atoms with Gasteiger partial charge >= 0.3 is 0 Å². The second kappa shape index (κ2) is 10.2. The monoisotopic (exact) mass is 475 g/mol. The highest BCUT2D eigenvalue weighted by Gasteiger charge is 2.26. The van der Waals surface area contributed by atoms with E-state index in [0.717, 1.165) is 11.1 Å². The quantitative estimate of drug-likeness (QED) is 0.287. The Labute approximate surface area is 196 Å². The molecule has 1 heterocycles. The lowest BCUT2D eigenvalue weighted by molar-refractivity contribution is 0.295. The summed E-state index contributed by atoms with van der Waals surface area (Å²) < 4.78 is 11.3. The van der Waals surface area contributed by atoms with Gasteiger partial charge in [-0.2, -0.15) is 5.26 Å². The zero-order chi connectivity index (χ0) is 22.4. The Morgan fingerprint density at radius 3 is 2.42 bits per heavy atom. The van der Waals surface area contributed by atoms with E-state index < -0.39 is 5.41 Å². The molecule has 0 saturated heterocycles. The van der Waals surface area contributed by atoms with Crippen molar-refractivity contribution in [1.82, 2.24) is 9.97 Å². The summed E-state index contributed by atoms with van der Waals surface area (Å²) in [5, 5.41) is 10.3. The van der Waals surface area contributed by atoms with E-state index in [4.69, 9.17) is 44.3 Å². The molecule has 0 aliphatic heterocycles. The number of nitrogens with zero attached hydrogens (tertiary/aromatic N) is 3. The Hall–Kier alpha value is -2.52. The van der Waals surface area contributed by atoms with E-state index >= 15 is 0 Å². The van der Waals surface area contributed by atoms with E-state index in [-0.39, 0.29) is 13.2 Å². The lowest BCUT2D eigenvalue weighted by Crippen LogP contribution is -2.19. The Balaban J connectivity index is 1.80. The number of ether oxygens (including phenoxy) is 2. The Bertz CT molecular complexity index is 1100. The lowest BCUT2D eigenvalue weighted by Gasteiger charge is -2.27. The molecular formula is C23H20Cl3N3O2. The van der Waals surface area contributed by atoms with Gasteiger partial charge in [0.2, 0.25) is 0 Å². The number of benzene rings is 2. The third-order valence-electron chi connectivity index (χ3n) is 4.82. The molecule has 0 amide bonds. The number of hydrogen-bond acceptors (Lipinski definition) is 5. The van der Waals surface area contributed by atoms with Crippen molar-refractivity contribution in [2.24, 2.45) is 0 Å². The second-order valence-corrected chi connectivity index (χ2v) is 8.39. The minimum absolute atomic E-state index is 0.216. The molecule has 0 spiro atoms.